The molecule has 2 rings (SSSR count). The van der Waals surface area contributed by atoms with E-state index >= 15 is 0 Å². The molecule has 0 amide bonds. The lowest BCUT2D eigenvalue weighted by Gasteiger charge is -2.17. The maximum atomic E-state index is 12.7. The van der Waals surface area contributed by atoms with Crippen LogP contribution in [0, 0.1) is 5.92 Å². The first-order chi connectivity index (χ1) is 10.8. The average Bonchev–Trinajstić information content (AvgIpc) is 2.96. The number of sulfonamides is 1. The van der Waals surface area contributed by atoms with E-state index in [2.05, 4.69) is 10.0 Å². The van der Waals surface area contributed by atoms with Crippen LogP contribution < -0.4 is 10.0 Å². The van der Waals surface area contributed by atoms with Gasteiger partial charge in [0.2, 0.25) is 10.0 Å². The van der Waals surface area contributed by atoms with Crippen molar-refractivity contribution in [2.75, 3.05) is 11.9 Å². The van der Waals surface area contributed by atoms with Crippen LogP contribution in [0.2, 0.25) is 0 Å². The van der Waals surface area contributed by atoms with Gasteiger partial charge in [0.15, 0.2) is 0 Å². The fourth-order valence-corrected chi connectivity index (χ4v) is 4.18. The minimum absolute atomic E-state index is 0.00458. The summed E-state index contributed by atoms with van der Waals surface area (Å²) in [5, 5.41) is 12.2. The summed E-state index contributed by atoms with van der Waals surface area (Å²) >= 11 is 0. The monoisotopic (exact) mass is 340 g/mol. The van der Waals surface area contributed by atoms with E-state index in [1.54, 1.807) is 0 Å². The average molecular weight is 340 g/mol. The van der Waals surface area contributed by atoms with E-state index in [9.17, 15) is 13.2 Å². The lowest BCUT2D eigenvalue weighted by atomic mass is 10.2. The van der Waals surface area contributed by atoms with Crippen LogP contribution in [-0.4, -0.2) is 32.1 Å². The molecular weight excluding hydrogens is 316 g/mol. The summed E-state index contributed by atoms with van der Waals surface area (Å²) in [6, 6.07) is 4.10. The quantitative estimate of drug-likeness (QED) is 0.709. The molecule has 0 aromatic heterocycles. The summed E-state index contributed by atoms with van der Waals surface area (Å²) < 4.78 is 28.1. The number of anilines is 1. The Kier molecular flexibility index (Phi) is 5.64. The van der Waals surface area contributed by atoms with Crippen LogP contribution in [0.25, 0.3) is 0 Å². The first kappa shape index (κ1) is 17.7. The maximum absolute atomic E-state index is 12.7. The Hall–Kier alpha value is -1.60. The van der Waals surface area contributed by atoms with Crippen molar-refractivity contribution in [2.45, 2.75) is 50.5 Å². The van der Waals surface area contributed by atoms with Crippen molar-refractivity contribution in [1.82, 2.24) is 4.72 Å². The lowest BCUT2D eigenvalue weighted by Crippen LogP contribution is -2.33. The van der Waals surface area contributed by atoms with E-state index in [1.165, 1.54) is 18.2 Å². The number of hydrogen-bond acceptors (Lipinski definition) is 4. The second-order valence-electron chi connectivity index (χ2n) is 6.39. The molecule has 6 nitrogen and oxygen atoms in total. The molecular formula is C16H24N2O4S. The third-order valence-electron chi connectivity index (χ3n) is 3.90. The topological polar surface area (TPSA) is 95.5 Å². The molecule has 0 unspecified atom stereocenters. The molecule has 0 atom stereocenters. The summed E-state index contributed by atoms with van der Waals surface area (Å²) in [5.41, 5.74) is 0.404. The fraction of sp³-hybridized carbons (Fsp3) is 0.562. The first-order valence-electron chi connectivity index (χ1n) is 7.93. The number of nitrogens with one attached hydrogen (secondary N) is 2. The SMILES string of the molecule is CC(C)CNc1ccc(C(=O)O)cc1S(=O)(=O)NC1CCCC1. The predicted molar refractivity (Wildman–Crippen MR) is 89.3 cm³/mol. The van der Waals surface area contributed by atoms with Crippen LogP contribution in [0.3, 0.4) is 0 Å². The number of carbonyl (C=O) groups is 1. The van der Waals surface area contributed by atoms with Crippen LogP contribution in [0.5, 0.6) is 0 Å². The smallest absolute Gasteiger partial charge is 0.335 e. The number of rotatable bonds is 7. The van der Waals surface area contributed by atoms with Gasteiger partial charge in [0.25, 0.3) is 0 Å². The van der Waals surface area contributed by atoms with E-state index in [0.717, 1.165) is 25.7 Å². The number of benzene rings is 1. The Bertz CT molecular complexity index is 665. The molecule has 0 heterocycles. The van der Waals surface area contributed by atoms with Gasteiger partial charge in [-0.1, -0.05) is 26.7 Å². The van der Waals surface area contributed by atoms with E-state index in [0.29, 0.717) is 18.2 Å². The third kappa shape index (κ3) is 4.68. The minimum atomic E-state index is -3.75. The van der Waals surface area contributed by atoms with Gasteiger partial charge in [-0.3, -0.25) is 0 Å². The second kappa shape index (κ2) is 7.31. The van der Waals surface area contributed by atoms with E-state index < -0.39 is 16.0 Å². The van der Waals surface area contributed by atoms with Gasteiger partial charge < -0.3 is 10.4 Å². The highest BCUT2D eigenvalue weighted by Crippen LogP contribution is 2.26. The Morgan fingerprint density at radius 3 is 2.52 bits per heavy atom. The number of hydrogen-bond donors (Lipinski definition) is 3. The number of aromatic carboxylic acids is 1. The zero-order valence-electron chi connectivity index (χ0n) is 13.5. The molecule has 1 aliphatic rings. The van der Waals surface area contributed by atoms with Crippen LogP contribution >= 0.6 is 0 Å². The van der Waals surface area contributed by atoms with Crippen molar-refractivity contribution in [2.24, 2.45) is 5.92 Å². The van der Waals surface area contributed by atoms with Gasteiger partial charge in [-0.25, -0.2) is 17.9 Å². The Labute approximate surface area is 137 Å². The molecule has 1 aromatic carbocycles. The third-order valence-corrected chi connectivity index (χ3v) is 5.46. The molecule has 1 saturated carbocycles. The summed E-state index contributed by atoms with van der Waals surface area (Å²) in [6.45, 7) is 4.64. The fourth-order valence-electron chi connectivity index (χ4n) is 2.66. The molecule has 0 spiro atoms. The summed E-state index contributed by atoms with van der Waals surface area (Å²) in [5.74, 6) is -0.801. The number of carboxylic acids is 1. The molecule has 0 saturated heterocycles. The Morgan fingerprint density at radius 1 is 1.30 bits per heavy atom. The normalized spacial score (nSPS) is 16.0. The predicted octanol–water partition coefficient (Wildman–Crippen LogP) is 2.67. The first-order valence-corrected chi connectivity index (χ1v) is 9.41. The van der Waals surface area contributed by atoms with Crippen LogP contribution in [-0.2, 0) is 10.0 Å². The molecule has 1 fully saturated rings. The van der Waals surface area contributed by atoms with Crippen molar-refractivity contribution in [3.63, 3.8) is 0 Å². The Balaban J connectivity index is 2.34. The second-order valence-corrected chi connectivity index (χ2v) is 8.08. The van der Waals surface area contributed by atoms with Crippen LogP contribution in [0.15, 0.2) is 23.1 Å². The van der Waals surface area contributed by atoms with Crippen molar-refractivity contribution in [1.29, 1.82) is 0 Å². The van der Waals surface area contributed by atoms with Gasteiger partial charge in [0, 0.05) is 12.6 Å². The molecule has 3 N–H and O–H groups in total. The zero-order valence-corrected chi connectivity index (χ0v) is 14.3. The molecule has 0 bridgehead atoms. The van der Waals surface area contributed by atoms with Crippen LogP contribution in [0.4, 0.5) is 5.69 Å². The lowest BCUT2D eigenvalue weighted by molar-refractivity contribution is 0.0696. The van der Waals surface area contributed by atoms with E-state index in [1.807, 2.05) is 13.8 Å². The number of carboxylic acid groups (broad SMARTS) is 1. The summed E-state index contributed by atoms with van der Waals surface area (Å²) in [6.07, 6.45) is 3.68. The van der Waals surface area contributed by atoms with Gasteiger partial charge in [-0.05, 0) is 37.0 Å². The zero-order chi connectivity index (χ0) is 17.0. The van der Waals surface area contributed by atoms with Crippen LogP contribution in [0.1, 0.15) is 49.9 Å². The highest BCUT2D eigenvalue weighted by molar-refractivity contribution is 7.89. The van der Waals surface area contributed by atoms with E-state index in [-0.39, 0.29) is 16.5 Å². The van der Waals surface area contributed by atoms with Crippen molar-refractivity contribution in [3.05, 3.63) is 23.8 Å². The van der Waals surface area contributed by atoms with E-state index in [4.69, 9.17) is 5.11 Å². The maximum Gasteiger partial charge on any atom is 0.335 e. The molecule has 23 heavy (non-hydrogen) atoms. The minimum Gasteiger partial charge on any atom is -0.478 e. The highest BCUT2D eigenvalue weighted by atomic mass is 32.2. The Morgan fingerprint density at radius 2 is 1.96 bits per heavy atom. The van der Waals surface area contributed by atoms with Crippen molar-refractivity contribution < 1.29 is 18.3 Å². The van der Waals surface area contributed by atoms with Gasteiger partial charge in [0.1, 0.15) is 4.90 Å². The molecule has 7 heteroatoms. The molecule has 0 radical (unpaired) electrons. The summed E-state index contributed by atoms with van der Waals surface area (Å²) in [4.78, 5) is 11.2. The molecule has 128 valence electrons. The standard InChI is InChI=1S/C16H24N2O4S/c1-11(2)10-17-14-8-7-12(16(19)20)9-15(14)23(21,22)18-13-5-3-4-6-13/h7-9,11,13,17-18H,3-6,10H2,1-2H3,(H,19,20). The van der Waals surface area contributed by atoms with Gasteiger partial charge in [0.05, 0.1) is 11.3 Å². The molecule has 1 aromatic rings. The molecule has 0 aliphatic heterocycles. The highest BCUT2D eigenvalue weighted by Gasteiger charge is 2.26. The van der Waals surface area contributed by atoms with Crippen molar-refractivity contribution in [3.8, 4) is 0 Å². The van der Waals surface area contributed by atoms with Gasteiger partial charge in [-0.15, -0.1) is 0 Å². The van der Waals surface area contributed by atoms with Gasteiger partial charge >= 0.3 is 5.97 Å². The largest absolute Gasteiger partial charge is 0.478 e. The molecule has 1 aliphatic carbocycles. The van der Waals surface area contributed by atoms with Gasteiger partial charge in [-0.2, -0.15) is 0 Å². The van der Waals surface area contributed by atoms with Crippen molar-refractivity contribution >= 4 is 21.7 Å². The summed E-state index contributed by atoms with van der Waals surface area (Å²) in [7, 11) is -3.75.